The summed E-state index contributed by atoms with van der Waals surface area (Å²) in [5, 5.41) is 7.64. The molecule has 1 aromatic heterocycles. The Kier molecular flexibility index (Phi) is 4.29. The standard InChI is InChI=1S/C18H18ClNS/c1-12(2)20-11-13-6-7-15(17(19)10-13)16-5-3-4-14-8-9-21-18(14)16/h3-10,12,20H,11H2,1-2H3. The molecular formula is C18H18ClNS. The number of nitrogens with one attached hydrogen (secondary N) is 1. The topological polar surface area (TPSA) is 12.0 Å². The van der Waals surface area contributed by atoms with Crippen LogP contribution in [0.4, 0.5) is 0 Å². The van der Waals surface area contributed by atoms with E-state index in [0.717, 1.165) is 17.1 Å². The van der Waals surface area contributed by atoms with Crippen molar-refractivity contribution in [2.45, 2.75) is 26.4 Å². The molecule has 0 aliphatic rings. The Hall–Kier alpha value is -1.35. The molecule has 21 heavy (non-hydrogen) atoms. The summed E-state index contributed by atoms with van der Waals surface area (Å²) in [6, 6.07) is 15.4. The first-order chi connectivity index (χ1) is 10.1. The zero-order valence-electron chi connectivity index (χ0n) is 12.2. The van der Waals surface area contributed by atoms with Crippen molar-refractivity contribution in [1.29, 1.82) is 0 Å². The average Bonchev–Trinajstić information content (AvgIpc) is 2.94. The Morgan fingerprint density at radius 3 is 2.71 bits per heavy atom. The van der Waals surface area contributed by atoms with E-state index in [1.54, 1.807) is 11.3 Å². The number of hydrogen-bond donors (Lipinski definition) is 1. The molecule has 2 aromatic carbocycles. The molecule has 0 atom stereocenters. The van der Waals surface area contributed by atoms with E-state index in [0.29, 0.717) is 6.04 Å². The Balaban J connectivity index is 1.98. The molecule has 0 spiro atoms. The maximum absolute atomic E-state index is 6.52. The SMILES string of the molecule is CC(C)NCc1ccc(-c2cccc3ccsc23)c(Cl)c1. The molecule has 0 bridgehead atoms. The zero-order chi connectivity index (χ0) is 14.8. The van der Waals surface area contributed by atoms with Gasteiger partial charge in [0.1, 0.15) is 0 Å². The summed E-state index contributed by atoms with van der Waals surface area (Å²) in [5.74, 6) is 0. The molecule has 1 heterocycles. The van der Waals surface area contributed by atoms with E-state index in [9.17, 15) is 0 Å². The van der Waals surface area contributed by atoms with Gasteiger partial charge in [-0.3, -0.25) is 0 Å². The van der Waals surface area contributed by atoms with E-state index in [-0.39, 0.29) is 0 Å². The molecule has 0 radical (unpaired) electrons. The summed E-state index contributed by atoms with van der Waals surface area (Å²) in [7, 11) is 0. The van der Waals surface area contributed by atoms with E-state index in [1.807, 2.05) is 0 Å². The smallest absolute Gasteiger partial charge is 0.0488 e. The van der Waals surface area contributed by atoms with Gasteiger partial charge in [0.15, 0.2) is 0 Å². The molecule has 3 rings (SSSR count). The van der Waals surface area contributed by atoms with Crippen LogP contribution >= 0.6 is 22.9 Å². The molecule has 108 valence electrons. The van der Waals surface area contributed by atoms with Crippen LogP contribution in [0.15, 0.2) is 47.8 Å². The van der Waals surface area contributed by atoms with Crippen molar-refractivity contribution < 1.29 is 0 Å². The maximum Gasteiger partial charge on any atom is 0.0488 e. The van der Waals surface area contributed by atoms with Crippen LogP contribution in [0.25, 0.3) is 21.2 Å². The molecule has 3 aromatic rings. The minimum atomic E-state index is 0.475. The fourth-order valence-electron chi connectivity index (χ4n) is 2.41. The quantitative estimate of drug-likeness (QED) is 0.649. The van der Waals surface area contributed by atoms with Crippen LogP contribution in [0.3, 0.4) is 0 Å². The fraction of sp³-hybridized carbons (Fsp3) is 0.222. The summed E-state index contributed by atoms with van der Waals surface area (Å²) < 4.78 is 1.30. The van der Waals surface area contributed by atoms with Gasteiger partial charge in [0, 0.05) is 33.4 Å². The summed E-state index contributed by atoms with van der Waals surface area (Å²) in [6.45, 7) is 5.14. The normalized spacial score (nSPS) is 11.4. The van der Waals surface area contributed by atoms with Crippen molar-refractivity contribution >= 4 is 33.0 Å². The molecule has 1 nitrogen and oxygen atoms in total. The molecule has 0 aliphatic carbocycles. The van der Waals surface area contributed by atoms with Gasteiger partial charge in [-0.2, -0.15) is 0 Å². The van der Waals surface area contributed by atoms with Gasteiger partial charge in [-0.15, -0.1) is 11.3 Å². The van der Waals surface area contributed by atoms with Gasteiger partial charge < -0.3 is 5.32 Å². The van der Waals surface area contributed by atoms with Gasteiger partial charge >= 0.3 is 0 Å². The van der Waals surface area contributed by atoms with Crippen LogP contribution in [-0.2, 0) is 6.54 Å². The van der Waals surface area contributed by atoms with E-state index in [1.165, 1.54) is 21.2 Å². The predicted octanol–water partition coefficient (Wildman–Crippen LogP) is 5.72. The van der Waals surface area contributed by atoms with Gasteiger partial charge in [-0.1, -0.05) is 55.8 Å². The highest BCUT2D eigenvalue weighted by Crippen LogP contribution is 2.36. The van der Waals surface area contributed by atoms with Gasteiger partial charge in [0.05, 0.1) is 0 Å². The molecule has 0 saturated heterocycles. The molecule has 3 heteroatoms. The highest BCUT2D eigenvalue weighted by atomic mass is 35.5. The summed E-state index contributed by atoms with van der Waals surface area (Å²) in [5.41, 5.74) is 3.55. The summed E-state index contributed by atoms with van der Waals surface area (Å²) in [6.07, 6.45) is 0. The second-order valence-electron chi connectivity index (χ2n) is 5.49. The van der Waals surface area contributed by atoms with Crippen LogP contribution in [0, 0.1) is 0 Å². The van der Waals surface area contributed by atoms with E-state index >= 15 is 0 Å². The van der Waals surface area contributed by atoms with Gasteiger partial charge in [0.25, 0.3) is 0 Å². The first-order valence-electron chi connectivity index (χ1n) is 7.13. The van der Waals surface area contributed by atoms with Crippen molar-refractivity contribution in [3.8, 4) is 11.1 Å². The average molecular weight is 316 g/mol. The summed E-state index contributed by atoms with van der Waals surface area (Å²) in [4.78, 5) is 0. The van der Waals surface area contributed by atoms with Crippen molar-refractivity contribution in [1.82, 2.24) is 5.32 Å². The first-order valence-corrected chi connectivity index (χ1v) is 8.39. The molecule has 0 aliphatic heterocycles. The molecule has 0 unspecified atom stereocenters. The van der Waals surface area contributed by atoms with Gasteiger partial charge in [-0.05, 0) is 28.5 Å². The largest absolute Gasteiger partial charge is 0.310 e. The van der Waals surface area contributed by atoms with Gasteiger partial charge in [0.2, 0.25) is 0 Å². The monoisotopic (exact) mass is 315 g/mol. The Morgan fingerprint density at radius 2 is 1.95 bits per heavy atom. The molecular weight excluding hydrogens is 298 g/mol. The van der Waals surface area contributed by atoms with E-state index in [4.69, 9.17) is 11.6 Å². The maximum atomic E-state index is 6.52. The van der Waals surface area contributed by atoms with Crippen molar-refractivity contribution in [2.75, 3.05) is 0 Å². The van der Waals surface area contributed by atoms with Crippen molar-refractivity contribution in [2.24, 2.45) is 0 Å². The minimum absolute atomic E-state index is 0.475. The zero-order valence-corrected chi connectivity index (χ0v) is 13.8. The van der Waals surface area contributed by atoms with E-state index in [2.05, 4.69) is 67.0 Å². The van der Waals surface area contributed by atoms with Crippen molar-refractivity contribution in [3.63, 3.8) is 0 Å². The fourth-order valence-corrected chi connectivity index (χ4v) is 3.65. The lowest BCUT2D eigenvalue weighted by atomic mass is 10.0. The Morgan fingerprint density at radius 1 is 1.10 bits per heavy atom. The highest BCUT2D eigenvalue weighted by Gasteiger charge is 2.09. The number of thiophene rings is 1. The minimum Gasteiger partial charge on any atom is -0.310 e. The van der Waals surface area contributed by atoms with Gasteiger partial charge in [-0.25, -0.2) is 0 Å². The highest BCUT2D eigenvalue weighted by molar-refractivity contribution is 7.17. The van der Waals surface area contributed by atoms with Crippen LogP contribution in [-0.4, -0.2) is 6.04 Å². The van der Waals surface area contributed by atoms with Crippen molar-refractivity contribution in [3.05, 3.63) is 58.4 Å². The lowest BCUT2D eigenvalue weighted by Gasteiger charge is -2.11. The third-order valence-electron chi connectivity index (χ3n) is 3.52. The number of fused-ring (bicyclic) bond motifs is 1. The molecule has 0 saturated carbocycles. The third kappa shape index (κ3) is 3.13. The number of halogens is 1. The predicted molar refractivity (Wildman–Crippen MR) is 94.2 cm³/mol. The summed E-state index contributed by atoms with van der Waals surface area (Å²) >= 11 is 8.29. The number of rotatable bonds is 4. The Bertz CT molecular complexity index is 761. The lowest BCUT2D eigenvalue weighted by molar-refractivity contribution is 0.589. The molecule has 0 fully saturated rings. The number of benzene rings is 2. The second-order valence-corrected chi connectivity index (χ2v) is 6.82. The lowest BCUT2D eigenvalue weighted by Crippen LogP contribution is -2.21. The number of hydrogen-bond acceptors (Lipinski definition) is 2. The first kappa shape index (κ1) is 14.6. The second kappa shape index (κ2) is 6.18. The molecule has 1 N–H and O–H groups in total. The van der Waals surface area contributed by atoms with Crippen LogP contribution < -0.4 is 5.32 Å². The Labute approximate surface area is 134 Å². The third-order valence-corrected chi connectivity index (χ3v) is 4.79. The van der Waals surface area contributed by atoms with Crippen LogP contribution in [0.1, 0.15) is 19.4 Å². The molecule has 0 amide bonds. The van der Waals surface area contributed by atoms with Crippen LogP contribution in [0.5, 0.6) is 0 Å². The van der Waals surface area contributed by atoms with E-state index < -0.39 is 0 Å². The van der Waals surface area contributed by atoms with Crippen LogP contribution in [0.2, 0.25) is 5.02 Å².